The molecular weight excluding hydrogens is 267 g/mol. The van der Waals surface area contributed by atoms with Crippen LogP contribution in [0.15, 0.2) is 17.7 Å². The quantitative estimate of drug-likeness (QED) is 0.494. The standard InChI is InChI=1S/C10H6Cl2N2OS/c11-7-2-5(3-8(12)9(7)15)1-6(4-13)10(14)16/h1-3,15H,(H2,14,16). The zero-order chi connectivity index (χ0) is 12.3. The van der Waals surface area contributed by atoms with E-state index in [2.05, 4.69) is 12.2 Å². The molecule has 82 valence electrons. The molecule has 0 spiro atoms. The fourth-order valence-corrected chi connectivity index (χ4v) is 1.60. The van der Waals surface area contributed by atoms with Crippen LogP contribution in [0.3, 0.4) is 0 Å². The van der Waals surface area contributed by atoms with E-state index < -0.39 is 0 Å². The number of nitrogens with two attached hydrogens (primary N) is 1. The first kappa shape index (κ1) is 12.8. The number of phenols is 1. The summed E-state index contributed by atoms with van der Waals surface area (Å²) in [4.78, 5) is -0.0113. The van der Waals surface area contributed by atoms with Crippen molar-refractivity contribution in [2.75, 3.05) is 0 Å². The Hall–Kier alpha value is -1.28. The number of hydrogen-bond acceptors (Lipinski definition) is 3. The summed E-state index contributed by atoms with van der Waals surface area (Å²) in [5.74, 6) is -0.200. The maximum absolute atomic E-state index is 9.33. The highest BCUT2D eigenvalue weighted by molar-refractivity contribution is 7.80. The summed E-state index contributed by atoms with van der Waals surface area (Å²) in [5, 5.41) is 18.3. The predicted octanol–water partition coefficient (Wildman–Crippen LogP) is 2.89. The third-order valence-corrected chi connectivity index (χ3v) is 2.53. The summed E-state index contributed by atoms with van der Waals surface area (Å²) in [6, 6.07) is 4.76. The Balaban J connectivity index is 3.27. The van der Waals surface area contributed by atoms with E-state index in [1.807, 2.05) is 6.07 Å². The van der Waals surface area contributed by atoms with Gasteiger partial charge in [-0.25, -0.2) is 0 Å². The summed E-state index contributed by atoms with van der Waals surface area (Å²) in [7, 11) is 0. The van der Waals surface area contributed by atoms with Crippen molar-refractivity contribution in [3.63, 3.8) is 0 Å². The Morgan fingerprint density at radius 1 is 1.44 bits per heavy atom. The second-order valence-corrected chi connectivity index (χ2v) is 4.12. The Kier molecular flexibility index (Phi) is 4.13. The van der Waals surface area contributed by atoms with Gasteiger partial charge in [0.05, 0.1) is 15.6 Å². The van der Waals surface area contributed by atoms with Crippen LogP contribution in [0.4, 0.5) is 0 Å². The predicted molar refractivity (Wildman–Crippen MR) is 68.5 cm³/mol. The molecule has 0 saturated carbocycles. The van der Waals surface area contributed by atoms with Crippen LogP contribution in [0.1, 0.15) is 5.56 Å². The van der Waals surface area contributed by atoms with Crippen molar-refractivity contribution in [3.05, 3.63) is 33.3 Å². The van der Waals surface area contributed by atoms with Crippen LogP contribution < -0.4 is 5.73 Å². The van der Waals surface area contributed by atoms with Gasteiger partial charge in [-0.15, -0.1) is 0 Å². The van der Waals surface area contributed by atoms with Crippen molar-refractivity contribution in [3.8, 4) is 11.8 Å². The van der Waals surface area contributed by atoms with Gasteiger partial charge in [0.25, 0.3) is 0 Å². The van der Waals surface area contributed by atoms with E-state index in [-0.39, 0.29) is 26.4 Å². The molecule has 0 aliphatic carbocycles. The first-order chi connectivity index (χ1) is 7.45. The van der Waals surface area contributed by atoms with Gasteiger partial charge in [-0.2, -0.15) is 5.26 Å². The fraction of sp³-hybridized carbons (Fsp3) is 0. The number of nitrogens with zero attached hydrogens (tertiary/aromatic N) is 1. The van der Waals surface area contributed by atoms with Crippen LogP contribution in [-0.2, 0) is 0 Å². The van der Waals surface area contributed by atoms with E-state index in [0.29, 0.717) is 5.56 Å². The number of phenolic OH excluding ortho intramolecular Hbond substituents is 1. The van der Waals surface area contributed by atoms with Gasteiger partial charge in [0.15, 0.2) is 5.75 Å². The highest BCUT2D eigenvalue weighted by atomic mass is 35.5. The monoisotopic (exact) mass is 272 g/mol. The Bertz CT molecular complexity index is 497. The van der Waals surface area contributed by atoms with Gasteiger partial charge in [0.2, 0.25) is 0 Å². The lowest BCUT2D eigenvalue weighted by atomic mass is 10.1. The van der Waals surface area contributed by atoms with Gasteiger partial charge in [0, 0.05) is 0 Å². The fourth-order valence-electron chi connectivity index (χ4n) is 0.994. The molecule has 0 heterocycles. The molecule has 16 heavy (non-hydrogen) atoms. The Labute approximate surface area is 108 Å². The first-order valence-corrected chi connectivity index (χ1v) is 5.21. The van der Waals surface area contributed by atoms with Crippen molar-refractivity contribution in [2.45, 2.75) is 0 Å². The minimum absolute atomic E-state index is 0.0113. The third kappa shape index (κ3) is 2.86. The SMILES string of the molecule is N#CC(=Cc1cc(Cl)c(O)c(Cl)c1)C(N)=S. The van der Waals surface area contributed by atoms with Crippen LogP contribution in [0.25, 0.3) is 6.08 Å². The molecule has 0 amide bonds. The molecule has 0 unspecified atom stereocenters. The van der Waals surface area contributed by atoms with Crippen molar-refractivity contribution in [1.82, 2.24) is 0 Å². The molecule has 1 aromatic rings. The van der Waals surface area contributed by atoms with Crippen molar-refractivity contribution in [2.24, 2.45) is 5.73 Å². The van der Waals surface area contributed by atoms with Crippen LogP contribution in [0.5, 0.6) is 5.75 Å². The normalized spacial score (nSPS) is 10.9. The number of hydrogen-bond donors (Lipinski definition) is 2. The molecule has 0 aliphatic heterocycles. The van der Waals surface area contributed by atoms with Gasteiger partial charge in [-0.05, 0) is 23.8 Å². The van der Waals surface area contributed by atoms with Crippen molar-refractivity contribution < 1.29 is 5.11 Å². The number of thiocarbonyl (C=S) groups is 1. The lowest BCUT2D eigenvalue weighted by Crippen LogP contribution is -2.09. The molecular formula is C10H6Cl2N2OS. The average Bonchev–Trinajstić information content (AvgIpc) is 2.21. The smallest absolute Gasteiger partial charge is 0.152 e. The van der Waals surface area contributed by atoms with Gasteiger partial charge < -0.3 is 10.8 Å². The number of benzene rings is 1. The van der Waals surface area contributed by atoms with Gasteiger partial charge >= 0.3 is 0 Å². The van der Waals surface area contributed by atoms with Crippen LogP contribution in [-0.4, -0.2) is 10.1 Å². The van der Waals surface area contributed by atoms with E-state index in [4.69, 9.17) is 34.2 Å². The van der Waals surface area contributed by atoms with E-state index >= 15 is 0 Å². The minimum atomic E-state index is -0.200. The number of nitriles is 1. The zero-order valence-electron chi connectivity index (χ0n) is 7.87. The second-order valence-electron chi connectivity index (χ2n) is 2.87. The number of halogens is 2. The lowest BCUT2D eigenvalue weighted by Gasteiger charge is -2.02. The zero-order valence-corrected chi connectivity index (χ0v) is 10.2. The number of rotatable bonds is 2. The van der Waals surface area contributed by atoms with Crippen molar-refractivity contribution in [1.29, 1.82) is 5.26 Å². The maximum atomic E-state index is 9.33. The maximum Gasteiger partial charge on any atom is 0.152 e. The molecule has 6 heteroatoms. The molecule has 3 nitrogen and oxygen atoms in total. The molecule has 1 aromatic carbocycles. The Morgan fingerprint density at radius 3 is 2.31 bits per heavy atom. The first-order valence-electron chi connectivity index (χ1n) is 4.05. The summed E-state index contributed by atoms with van der Waals surface area (Å²) in [6.07, 6.45) is 1.44. The Morgan fingerprint density at radius 2 is 1.94 bits per heavy atom. The van der Waals surface area contributed by atoms with E-state index in [1.54, 1.807) is 0 Å². The van der Waals surface area contributed by atoms with Crippen molar-refractivity contribution >= 4 is 46.5 Å². The molecule has 3 N–H and O–H groups in total. The summed E-state index contributed by atoms with van der Waals surface area (Å²) < 4.78 is 0. The van der Waals surface area contributed by atoms with Crippen LogP contribution >= 0.6 is 35.4 Å². The molecule has 0 bridgehead atoms. The van der Waals surface area contributed by atoms with Gasteiger partial charge in [-0.3, -0.25) is 0 Å². The van der Waals surface area contributed by atoms with E-state index in [0.717, 1.165) is 0 Å². The molecule has 0 saturated heterocycles. The molecule has 0 aliphatic rings. The molecule has 0 fully saturated rings. The topological polar surface area (TPSA) is 70.0 Å². The highest BCUT2D eigenvalue weighted by Gasteiger charge is 2.07. The molecule has 0 atom stereocenters. The van der Waals surface area contributed by atoms with Gasteiger partial charge in [0.1, 0.15) is 11.1 Å². The minimum Gasteiger partial charge on any atom is -0.505 e. The van der Waals surface area contributed by atoms with Gasteiger partial charge in [-0.1, -0.05) is 35.4 Å². The molecule has 0 radical (unpaired) electrons. The van der Waals surface area contributed by atoms with Crippen LogP contribution in [0, 0.1) is 11.3 Å². The summed E-state index contributed by atoms with van der Waals surface area (Å²) in [6.45, 7) is 0. The highest BCUT2D eigenvalue weighted by Crippen LogP contribution is 2.33. The lowest BCUT2D eigenvalue weighted by molar-refractivity contribution is 0.476. The molecule has 1 rings (SSSR count). The third-order valence-electron chi connectivity index (χ3n) is 1.74. The average molecular weight is 273 g/mol. The van der Waals surface area contributed by atoms with Crippen LogP contribution in [0.2, 0.25) is 10.0 Å². The largest absolute Gasteiger partial charge is 0.505 e. The number of aromatic hydroxyl groups is 1. The summed E-state index contributed by atoms with van der Waals surface area (Å²) in [5.41, 5.74) is 6.01. The second kappa shape index (κ2) is 5.17. The summed E-state index contributed by atoms with van der Waals surface area (Å²) >= 11 is 16.1. The van der Waals surface area contributed by atoms with E-state index in [9.17, 15) is 5.11 Å². The van der Waals surface area contributed by atoms with E-state index in [1.165, 1.54) is 18.2 Å². The molecule has 0 aromatic heterocycles.